The van der Waals surface area contributed by atoms with Crippen molar-refractivity contribution in [2.45, 2.75) is 24.9 Å². The van der Waals surface area contributed by atoms with Crippen molar-refractivity contribution in [1.82, 2.24) is 5.32 Å². The number of amides is 1. The van der Waals surface area contributed by atoms with E-state index in [1.54, 1.807) is 0 Å². The first-order valence-electron chi connectivity index (χ1n) is 5.95. The lowest BCUT2D eigenvalue weighted by molar-refractivity contribution is -0.124. The number of rotatable bonds is 4. The van der Waals surface area contributed by atoms with Gasteiger partial charge < -0.3 is 15.8 Å². The van der Waals surface area contributed by atoms with Crippen molar-refractivity contribution < 1.29 is 9.53 Å². The van der Waals surface area contributed by atoms with Gasteiger partial charge in [0, 0.05) is 12.1 Å². The Morgan fingerprint density at radius 2 is 2.37 bits per heavy atom. The van der Waals surface area contributed by atoms with Crippen LogP contribution in [0.25, 0.3) is 0 Å². The van der Waals surface area contributed by atoms with Crippen LogP contribution in [0.5, 0.6) is 0 Å². The van der Waals surface area contributed by atoms with Gasteiger partial charge in [-0.2, -0.15) is 0 Å². The second-order valence-electron chi connectivity index (χ2n) is 4.50. The molecule has 1 aliphatic carbocycles. The normalized spacial score (nSPS) is 18.4. The number of ether oxygens (including phenoxy) is 1. The number of aryl methyl sites for hydroxylation is 1. The highest BCUT2D eigenvalue weighted by atomic mass is 35.5. The summed E-state index contributed by atoms with van der Waals surface area (Å²) in [7, 11) is 1.53. The van der Waals surface area contributed by atoms with Gasteiger partial charge in [0.05, 0.1) is 12.6 Å². The number of halogens is 2. The molecule has 6 heteroatoms. The molecule has 106 valence electrons. The van der Waals surface area contributed by atoms with E-state index in [4.69, 9.17) is 22.1 Å². The van der Waals surface area contributed by atoms with E-state index in [1.165, 1.54) is 12.7 Å². The Kier molecular flexibility index (Phi) is 6.07. The van der Waals surface area contributed by atoms with Crippen molar-refractivity contribution in [2.75, 3.05) is 13.7 Å². The number of fused-ring (bicyclic) bond motifs is 1. The summed E-state index contributed by atoms with van der Waals surface area (Å²) in [5, 5.41) is 3.69. The summed E-state index contributed by atoms with van der Waals surface area (Å²) in [6.07, 6.45) is 1.82. The summed E-state index contributed by atoms with van der Waals surface area (Å²) >= 11 is 5.94. The Morgan fingerprint density at radius 3 is 3.05 bits per heavy atom. The fourth-order valence-corrected chi connectivity index (χ4v) is 2.46. The van der Waals surface area contributed by atoms with Crippen molar-refractivity contribution in [2.24, 2.45) is 5.73 Å². The zero-order valence-electron chi connectivity index (χ0n) is 10.7. The highest BCUT2D eigenvalue weighted by molar-refractivity contribution is 6.30. The molecule has 1 aromatic carbocycles. The number of nitrogens with one attached hydrogen (secondary N) is 1. The predicted octanol–water partition coefficient (Wildman–Crippen LogP) is 1.84. The van der Waals surface area contributed by atoms with Crippen LogP contribution in [0.4, 0.5) is 0 Å². The predicted molar refractivity (Wildman–Crippen MR) is 77.8 cm³/mol. The fourth-order valence-electron chi connectivity index (χ4n) is 2.27. The van der Waals surface area contributed by atoms with Gasteiger partial charge >= 0.3 is 0 Å². The largest absolute Gasteiger partial charge is 0.383 e. The number of hydrogen-bond acceptors (Lipinski definition) is 3. The van der Waals surface area contributed by atoms with Crippen LogP contribution in [0, 0.1) is 0 Å². The maximum Gasteiger partial charge on any atom is 0.239 e. The molecule has 0 spiro atoms. The van der Waals surface area contributed by atoms with Crippen molar-refractivity contribution >= 4 is 29.9 Å². The van der Waals surface area contributed by atoms with Crippen LogP contribution in [-0.4, -0.2) is 25.7 Å². The molecular weight excluding hydrogens is 287 g/mol. The Morgan fingerprint density at radius 1 is 1.63 bits per heavy atom. The van der Waals surface area contributed by atoms with E-state index in [1.807, 2.05) is 18.2 Å². The zero-order valence-corrected chi connectivity index (χ0v) is 12.3. The van der Waals surface area contributed by atoms with Gasteiger partial charge in [0.25, 0.3) is 0 Å². The number of benzene rings is 1. The molecule has 2 rings (SSSR count). The lowest BCUT2D eigenvalue weighted by Gasteiger charge is -2.17. The molecule has 2 unspecified atom stereocenters. The van der Waals surface area contributed by atoms with E-state index in [0.29, 0.717) is 0 Å². The molecule has 0 saturated heterocycles. The van der Waals surface area contributed by atoms with Crippen LogP contribution >= 0.6 is 24.0 Å². The minimum atomic E-state index is -0.619. The van der Waals surface area contributed by atoms with Crippen LogP contribution in [0.2, 0.25) is 5.02 Å². The Labute approximate surface area is 124 Å². The fraction of sp³-hybridized carbons (Fsp3) is 0.462. The third-order valence-corrected chi connectivity index (χ3v) is 3.42. The molecule has 0 saturated carbocycles. The average Bonchev–Trinajstić information content (AvgIpc) is 2.72. The molecule has 1 aromatic rings. The van der Waals surface area contributed by atoms with Crippen LogP contribution < -0.4 is 11.1 Å². The zero-order chi connectivity index (χ0) is 13.1. The third-order valence-electron chi connectivity index (χ3n) is 3.18. The van der Waals surface area contributed by atoms with Crippen molar-refractivity contribution in [1.29, 1.82) is 0 Å². The van der Waals surface area contributed by atoms with Gasteiger partial charge in [-0.05, 0) is 36.1 Å². The summed E-state index contributed by atoms with van der Waals surface area (Å²) in [6, 6.07) is 5.19. The molecule has 0 bridgehead atoms. The molecule has 1 aliphatic rings. The monoisotopic (exact) mass is 304 g/mol. The maximum atomic E-state index is 11.8. The number of hydrogen-bond donors (Lipinski definition) is 2. The van der Waals surface area contributed by atoms with Gasteiger partial charge in [-0.25, -0.2) is 0 Å². The molecule has 4 nitrogen and oxygen atoms in total. The van der Waals surface area contributed by atoms with Crippen LogP contribution in [0.3, 0.4) is 0 Å². The molecular formula is C13H18Cl2N2O2. The SMILES string of the molecule is COCC(N)C(=O)NC1CCc2cc(Cl)ccc21.Cl. The van der Waals surface area contributed by atoms with E-state index in [0.717, 1.165) is 23.4 Å². The van der Waals surface area contributed by atoms with Gasteiger partial charge in [-0.3, -0.25) is 4.79 Å². The first-order valence-corrected chi connectivity index (χ1v) is 6.33. The summed E-state index contributed by atoms with van der Waals surface area (Å²) in [4.78, 5) is 11.8. The number of nitrogens with two attached hydrogens (primary N) is 1. The molecule has 0 radical (unpaired) electrons. The number of methoxy groups -OCH3 is 1. The first kappa shape index (κ1) is 16.2. The van der Waals surface area contributed by atoms with Crippen LogP contribution in [0.1, 0.15) is 23.6 Å². The second-order valence-corrected chi connectivity index (χ2v) is 4.94. The van der Waals surface area contributed by atoms with E-state index >= 15 is 0 Å². The standard InChI is InChI=1S/C13H17ClN2O2.ClH/c1-18-7-11(15)13(17)16-12-5-2-8-6-9(14)3-4-10(8)12;/h3-4,6,11-12H,2,5,7,15H2,1H3,(H,16,17);1H. The Hall–Kier alpha value is -0.810. The molecule has 1 amide bonds. The van der Waals surface area contributed by atoms with Crippen LogP contribution in [0.15, 0.2) is 18.2 Å². The van der Waals surface area contributed by atoms with Crippen molar-refractivity contribution in [3.05, 3.63) is 34.3 Å². The van der Waals surface area contributed by atoms with E-state index in [9.17, 15) is 4.79 Å². The summed E-state index contributed by atoms with van der Waals surface area (Å²) in [6.45, 7) is 0.228. The highest BCUT2D eigenvalue weighted by Gasteiger charge is 2.25. The third kappa shape index (κ3) is 3.83. The summed E-state index contributed by atoms with van der Waals surface area (Å²) in [5.74, 6) is -0.176. The molecule has 0 fully saturated rings. The van der Waals surface area contributed by atoms with E-state index in [-0.39, 0.29) is 31.0 Å². The Balaban J connectivity index is 0.00000180. The highest BCUT2D eigenvalue weighted by Crippen LogP contribution is 2.32. The molecule has 19 heavy (non-hydrogen) atoms. The van der Waals surface area contributed by atoms with Gasteiger partial charge in [0.2, 0.25) is 5.91 Å². The first-order chi connectivity index (χ1) is 8.61. The van der Waals surface area contributed by atoms with Gasteiger partial charge in [-0.1, -0.05) is 17.7 Å². The molecule has 0 aromatic heterocycles. The summed E-state index contributed by atoms with van der Waals surface area (Å²) < 4.78 is 4.87. The average molecular weight is 305 g/mol. The lowest BCUT2D eigenvalue weighted by Crippen LogP contribution is -2.44. The minimum Gasteiger partial charge on any atom is -0.383 e. The topological polar surface area (TPSA) is 64.3 Å². The van der Waals surface area contributed by atoms with E-state index in [2.05, 4.69) is 5.32 Å². The second kappa shape index (κ2) is 7.10. The van der Waals surface area contributed by atoms with Crippen molar-refractivity contribution in [3.63, 3.8) is 0 Å². The van der Waals surface area contributed by atoms with E-state index < -0.39 is 6.04 Å². The molecule has 3 N–H and O–H groups in total. The van der Waals surface area contributed by atoms with Crippen molar-refractivity contribution in [3.8, 4) is 0 Å². The maximum absolute atomic E-state index is 11.8. The molecule has 0 heterocycles. The van der Waals surface area contributed by atoms with Gasteiger partial charge in [0.1, 0.15) is 6.04 Å². The van der Waals surface area contributed by atoms with Gasteiger partial charge in [-0.15, -0.1) is 12.4 Å². The lowest BCUT2D eigenvalue weighted by atomic mass is 10.1. The Bertz CT molecular complexity index is 454. The van der Waals surface area contributed by atoms with Crippen LogP contribution in [-0.2, 0) is 16.0 Å². The molecule has 2 atom stereocenters. The number of carbonyl (C=O) groups excluding carboxylic acids is 1. The number of carbonyl (C=O) groups is 1. The molecule has 0 aliphatic heterocycles. The van der Waals surface area contributed by atoms with Gasteiger partial charge in [0.15, 0.2) is 0 Å². The smallest absolute Gasteiger partial charge is 0.239 e. The minimum absolute atomic E-state index is 0. The quantitative estimate of drug-likeness (QED) is 0.892. The summed E-state index contributed by atoms with van der Waals surface area (Å²) in [5.41, 5.74) is 8.03.